The van der Waals surface area contributed by atoms with Crippen LogP contribution in [0.1, 0.15) is 25.3 Å². The molecule has 3 rings (SSSR count). The second-order valence-corrected chi connectivity index (χ2v) is 6.77. The van der Waals surface area contributed by atoms with E-state index in [1.165, 1.54) is 4.90 Å². The topological polar surface area (TPSA) is 51.0 Å². The van der Waals surface area contributed by atoms with Gasteiger partial charge in [-0.3, -0.25) is 4.79 Å². The minimum atomic E-state index is -0.0758. The number of quaternary nitrogens is 1. The van der Waals surface area contributed by atoms with Gasteiger partial charge in [0.05, 0.1) is 31.2 Å². The number of rotatable bonds is 4. The third-order valence-electron chi connectivity index (χ3n) is 4.80. The van der Waals surface area contributed by atoms with Crippen LogP contribution in [0.25, 0.3) is 10.8 Å². The first-order chi connectivity index (χ1) is 11.6. The molecule has 4 nitrogen and oxygen atoms in total. The number of hydrogen-bond acceptors (Lipinski definition) is 3. The van der Waals surface area contributed by atoms with Crippen molar-refractivity contribution in [2.45, 2.75) is 26.3 Å². The van der Waals surface area contributed by atoms with Crippen molar-refractivity contribution in [2.24, 2.45) is 5.92 Å². The molecule has 0 bridgehead atoms. The molecule has 128 valence electrons. The largest absolute Gasteiger partial charge is 0.507 e. The van der Waals surface area contributed by atoms with E-state index in [1.54, 1.807) is 0 Å². The van der Waals surface area contributed by atoms with Crippen LogP contribution in [0.15, 0.2) is 30.3 Å². The number of aromatic hydroxyl groups is 1. The van der Waals surface area contributed by atoms with Crippen LogP contribution < -0.4 is 4.90 Å². The van der Waals surface area contributed by atoms with Crippen molar-refractivity contribution in [2.75, 3.05) is 19.7 Å². The van der Waals surface area contributed by atoms with Crippen molar-refractivity contribution in [3.63, 3.8) is 0 Å². The van der Waals surface area contributed by atoms with Crippen molar-refractivity contribution in [3.05, 3.63) is 40.9 Å². The molecule has 0 radical (unpaired) electrons. The van der Waals surface area contributed by atoms with Gasteiger partial charge in [-0.1, -0.05) is 35.9 Å². The molecule has 0 aliphatic carbocycles. The van der Waals surface area contributed by atoms with Gasteiger partial charge < -0.3 is 14.7 Å². The molecule has 2 aromatic carbocycles. The zero-order valence-corrected chi connectivity index (χ0v) is 14.6. The molecule has 0 spiro atoms. The molecule has 24 heavy (non-hydrogen) atoms. The van der Waals surface area contributed by atoms with E-state index < -0.39 is 0 Å². The summed E-state index contributed by atoms with van der Waals surface area (Å²) in [7, 11) is 0. The fraction of sp³-hybridized carbons (Fsp3) is 0.421. The first kappa shape index (κ1) is 17.1. The van der Waals surface area contributed by atoms with Crippen molar-refractivity contribution < 1.29 is 19.5 Å². The number of phenolic OH excluding ortho intramolecular Hbond substituents is 1. The molecule has 1 aliphatic heterocycles. The van der Waals surface area contributed by atoms with Gasteiger partial charge in [0, 0.05) is 28.6 Å². The molecule has 2 N–H and O–H groups in total. The molecule has 0 aromatic heterocycles. The Hall–Kier alpha value is -1.78. The van der Waals surface area contributed by atoms with Gasteiger partial charge in [-0.05, 0) is 13.0 Å². The summed E-state index contributed by atoms with van der Waals surface area (Å²) in [5.41, 5.74) is 0.864. The quantitative estimate of drug-likeness (QED) is 0.835. The summed E-state index contributed by atoms with van der Waals surface area (Å²) in [6.07, 6.45) is 1.66. The van der Waals surface area contributed by atoms with Gasteiger partial charge >= 0.3 is 5.97 Å². The second kappa shape index (κ2) is 7.41. The van der Waals surface area contributed by atoms with Crippen molar-refractivity contribution >= 4 is 28.3 Å². The summed E-state index contributed by atoms with van der Waals surface area (Å²) in [6, 6.07) is 9.49. The van der Waals surface area contributed by atoms with Crippen LogP contribution in [0.2, 0.25) is 5.02 Å². The first-order valence-electron chi connectivity index (χ1n) is 8.49. The summed E-state index contributed by atoms with van der Waals surface area (Å²) in [5.74, 6) is 0.255. The number of fused-ring (bicyclic) bond motifs is 1. The Morgan fingerprint density at radius 3 is 2.62 bits per heavy atom. The molecular formula is C19H23ClNO3+. The molecule has 0 atom stereocenters. The lowest BCUT2D eigenvalue weighted by Crippen LogP contribution is -3.11. The summed E-state index contributed by atoms with van der Waals surface area (Å²) in [6.45, 7) is 4.78. The van der Waals surface area contributed by atoms with Gasteiger partial charge in [0.25, 0.3) is 0 Å². The number of ether oxygens (including phenoxy) is 1. The van der Waals surface area contributed by atoms with E-state index in [9.17, 15) is 9.90 Å². The number of benzene rings is 2. The number of likely N-dealkylation sites (tertiary alicyclic amines) is 1. The van der Waals surface area contributed by atoms with Gasteiger partial charge in [-0.15, -0.1) is 0 Å². The Bertz CT molecular complexity index is 739. The maximum atomic E-state index is 11.8. The Morgan fingerprint density at radius 1 is 1.29 bits per heavy atom. The van der Waals surface area contributed by atoms with Gasteiger partial charge in [-0.2, -0.15) is 0 Å². The van der Waals surface area contributed by atoms with E-state index in [-0.39, 0.29) is 11.9 Å². The van der Waals surface area contributed by atoms with E-state index in [4.69, 9.17) is 16.3 Å². The molecule has 5 heteroatoms. The van der Waals surface area contributed by atoms with Crippen molar-refractivity contribution in [1.29, 1.82) is 0 Å². The lowest BCUT2D eigenvalue weighted by Gasteiger charge is -2.28. The smallest absolute Gasteiger partial charge is 0.309 e. The van der Waals surface area contributed by atoms with E-state index >= 15 is 0 Å². The molecule has 0 unspecified atom stereocenters. The fourth-order valence-electron chi connectivity index (χ4n) is 3.47. The highest BCUT2D eigenvalue weighted by Gasteiger charge is 2.29. The maximum absolute atomic E-state index is 11.8. The number of esters is 1. The summed E-state index contributed by atoms with van der Waals surface area (Å²) in [5, 5.41) is 12.9. The second-order valence-electron chi connectivity index (χ2n) is 6.36. The van der Waals surface area contributed by atoms with Crippen LogP contribution in [0.4, 0.5) is 0 Å². The van der Waals surface area contributed by atoms with Crippen molar-refractivity contribution in [3.8, 4) is 5.75 Å². The monoisotopic (exact) mass is 348 g/mol. The van der Waals surface area contributed by atoms with E-state index in [0.717, 1.165) is 42.3 Å². The normalized spacial score (nSPS) is 20.9. The zero-order chi connectivity index (χ0) is 17.1. The van der Waals surface area contributed by atoms with Crippen molar-refractivity contribution in [1.82, 2.24) is 0 Å². The van der Waals surface area contributed by atoms with Gasteiger partial charge in [-0.25, -0.2) is 0 Å². The SMILES string of the molecule is CCOC(=O)C1CC[NH+](Cc2cc(Cl)c3ccccc3c2O)CC1. The van der Waals surface area contributed by atoms with Crippen LogP contribution in [0.3, 0.4) is 0 Å². The van der Waals surface area contributed by atoms with Crippen LogP contribution in [-0.2, 0) is 16.1 Å². The summed E-state index contributed by atoms with van der Waals surface area (Å²) >= 11 is 6.37. The molecule has 0 amide bonds. The predicted octanol–water partition coefficient (Wildman–Crippen LogP) is 2.56. The number of carbonyl (C=O) groups is 1. The van der Waals surface area contributed by atoms with Crippen LogP contribution in [0.5, 0.6) is 5.75 Å². The fourth-order valence-corrected chi connectivity index (χ4v) is 3.77. The molecular weight excluding hydrogens is 326 g/mol. The number of carbonyl (C=O) groups excluding carboxylic acids is 1. The third-order valence-corrected chi connectivity index (χ3v) is 5.11. The minimum Gasteiger partial charge on any atom is -0.507 e. The van der Waals surface area contributed by atoms with Crippen LogP contribution >= 0.6 is 11.6 Å². The third kappa shape index (κ3) is 3.50. The average molecular weight is 349 g/mol. The number of hydrogen-bond donors (Lipinski definition) is 2. The Kier molecular flexibility index (Phi) is 5.27. The van der Waals surface area contributed by atoms with E-state index in [0.29, 0.717) is 23.9 Å². The number of phenols is 1. The van der Waals surface area contributed by atoms with Gasteiger partial charge in [0.1, 0.15) is 12.3 Å². The molecule has 0 saturated carbocycles. The lowest BCUT2D eigenvalue weighted by atomic mass is 9.96. The van der Waals surface area contributed by atoms with Gasteiger partial charge in [0.2, 0.25) is 0 Å². The lowest BCUT2D eigenvalue weighted by molar-refractivity contribution is -0.919. The highest BCUT2D eigenvalue weighted by molar-refractivity contribution is 6.35. The average Bonchev–Trinajstić information content (AvgIpc) is 2.60. The molecule has 1 fully saturated rings. The van der Waals surface area contributed by atoms with Crippen LogP contribution in [0, 0.1) is 5.92 Å². The standard InChI is InChI=1S/C19H22ClNO3/c1-2-24-19(23)13-7-9-21(10-8-13)12-14-11-17(20)15-5-3-4-6-16(15)18(14)22/h3-6,11,13,22H,2,7-10,12H2,1H3/p+1. The van der Waals surface area contributed by atoms with E-state index in [2.05, 4.69) is 0 Å². The maximum Gasteiger partial charge on any atom is 0.309 e. The highest BCUT2D eigenvalue weighted by Crippen LogP contribution is 2.33. The molecule has 1 heterocycles. The van der Waals surface area contributed by atoms with E-state index in [1.807, 2.05) is 37.3 Å². The predicted molar refractivity (Wildman–Crippen MR) is 94.4 cm³/mol. The molecule has 1 saturated heterocycles. The number of nitrogens with one attached hydrogen (secondary N) is 1. The summed E-state index contributed by atoms with van der Waals surface area (Å²) in [4.78, 5) is 13.2. The highest BCUT2D eigenvalue weighted by atomic mass is 35.5. The number of piperidine rings is 1. The summed E-state index contributed by atoms with van der Waals surface area (Å²) < 4.78 is 5.11. The van der Waals surface area contributed by atoms with Crippen LogP contribution in [-0.4, -0.2) is 30.8 Å². The molecule has 2 aromatic rings. The van der Waals surface area contributed by atoms with Gasteiger partial charge in [0.15, 0.2) is 0 Å². The Labute approximate surface area is 147 Å². The molecule has 1 aliphatic rings. The Balaban J connectivity index is 1.70. The number of halogens is 1. The first-order valence-corrected chi connectivity index (χ1v) is 8.87. The zero-order valence-electron chi connectivity index (χ0n) is 13.8. The minimum absolute atomic E-state index is 0.0162. The Morgan fingerprint density at radius 2 is 1.96 bits per heavy atom.